The minimum Gasteiger partial charge on any atom is -0.504 e. The fourth-order valence-electron chi connectivity index (χ4n) is 4.70. The number of benzene rings is 1. The number of hydrogen-bond acceptors (Lipinski definition) is 9. The van der Waals surface area contributed by atoms with Crippen LogP contribution in [0.25, 0.3) is 11.6 Å². The maximum Gasteiger partial charge on any atom is 0.347 e. The van der Waals surface area contributed by atoms with E-state index in [2.05, 4.69) is 44.3 Å². The number of aromatic nitrogens is 1. The summed E-state index contributed by atoms with van der Waals surface area (Å²) in [6.45, 7) is 9.34. The molecule has 1 aromatic carbocycles. The Morgan fingerprint density at radius 2 is 2.05 bits per heavy atom. The fourth-order valence-corrected chi connectivity index (χ4v) is 4.70. The van der Waals surface area contributed by atoms with Gasteiger partial charge in [0, 0.05) is 62.0 Å². The number of nitrogens with one attached hydrogen (secondary N) is 1. The lowest BCUT2D eigenvalue weighted by Crippen LogP contribution is -2.45. The number of piperazine rings is 1. The lowest BCUT2D eigenvalue weighted by atomic mass is 10.1. The molecule has 0 amide bonds. The summed E-state index contributed by atoms with van der Waals surface area (Å²) in [7, 11) is 2.16. The van der Waals surface area contributed by atoms with Gasteiger partial charge in [-0.1, -0.05) is 12.1 Å². The lowest BCUT2D eigenvalue weighted by Gasteiger charge is -2.32. The number of aryl methyl sites for hydroxylation is 1. The molecule has 2 aliphatic rings. The molecule has 0 radical (unpaired) electrons. The molecule has 2 aromatic heterocycles. The maximum atomic E-state index is 12.8. The van der Waals surface area contributed by atoms with Crippen LogP contribution in [0.1, 0.15) is 39.7 Å². The molecule has 1 saturated heterocycles. The zero-order chi connectivity index (χ0) is 26.6. The Labute approximate surface area is 222 Å². The van der Waals surface area contributed by atoms with Crippen molar-refractivity contribution >= 4 is 41.2 Å². The molecule has 0 atom stereocenters. The molecule has 9 nitrogen and oxygen atoms in total. The predicted octanol–water partition coefficient (Wildman–Crippen LogP) is 4.66. The number of ether oxygens (including phenoxy) is 1. The van der Waals surface area contributed by atoms with Crippen LogP contribution >= 0.6 is 0 Å². The van der Waals surface area contributed by atoms with Crippen LogP contribution in [0.15, 0.2) is 45.9 Å². The molecule has 0 unspecified atom stereocenters. The van der Waals surface area contributed by atoms with Gasteiger partial charge in [-0.15, -0.1) is 0 Å². The predicted molar refractivity (Wildman–Crippen MR) is 149 cm³/mol. The normalized spacial score (nSPS) is 16.7. The van der Waals surface area contributed by atoms with Crippen LogP contribution in [0.3, 0.4) is 0 Å². The van der Waals surface area contributed by atoms with Crippen molar-refractivity contribution in [3.05, 3.63) is 64.5 Å². The van der Waals surface area contributed by atoms with E-state index in [9.17, 15) is 9.90 Å². The number of nitrogens with zero attached hydrogens (tertiary/aromatic N) is 4. The molecular formula is C29H33N5O4. The van der Waals surface area contributed by atoms with Crippen LogP contribution < -0.4 is 5.32 Å². The number of aliphatic imine (C=N–C) groups is 1. The highest BCUT2D eigenvalue weighted by Crippen LogP contribution is 2.39. The average molecular weight is 516 g/mol. The number of pyridine rings is 1. The summed E-state index contributed by atoms with van der Waals surface area (Å²) in [6, 6.07) is 9.92. The average Bonchev–Trinajstić information content (AvgIpc) is 3.46. The van der Waals surface area contributed by atoms with Crippen molar-refractivity contribution in [2.75, 3.05) is 51.7 Å². The molecule has 0 saturated carbocycles. The summed E-state index contributed by atoms with van der Waals surface area (Å²) in [4.78, 5) is 26.2. The van der Waals surface area contributed by atoms with Gasteiger partial charge in [0.1, 0.15) is 0 Å². The van der Waals surface area contributed by atoms with Gasteiger partial charge in [-0.25, -0.2) is 14.8 Å². The van der Waals surface area contributed by atoms with Gasteiger partial charge in [0.05, 0.1) is 6.61 Å². The molecule has 2 aliphatic heterocycles. The molecule has 1 fully saturated rings. The number of carbonyl (C=O) groups excluding carboxylic acids is 1. The summed E-state index contributed by atoms with van der Waals surface area (Å²) in [5.41, 5.74) is 4.54. The Morgan fingerprint density at radius 1 is 1.24 bits per heavy atom. The monoisotopic (exact) mass is 515 g/mol. The quantitative estimate of drug-likeness (QED) is 0.418. The van der Waals surface area contributed by atoms with Crippen LogP contribution in [-0.4, -0.2) is 78.5 Å². The Bertz CT molecular complexity index is 1390. The maximum absolute atomic E-state index is 12.8. The van der Waals surface area contributed by atoms with Crippen molar-refractivity contribution in [1.82, 2.24) is 14.8 Å². The first kappa shape index (κ1) is 25.7. The molecule has 0 bridgehead atoms. The van der Waals surface area contributed by atoms with Crippen molar-refractivity contribution in [3.8, 4) is 5.75 Å². The van der Waals surface area contributed by atoms with Gasteiger partial charge in [0.15, 0.2) is 22.9 Å². The largest absolute Gasteiger partial charge is 0.504 e. The van der Waals surface area contributed by atoms with Gasteiger partial charge >= 0.3 is 5.97 Å². The number of carbonyl (C=O) groups is 1. The molecule has 0 aliphatic carbocycles. The smallest absolute Gasteiger partial charge is 0.347 e. The minimum absolute atomic E-state index is 0.0430. The number of allylic oxidation sites excluding steroid dienone is 1. The highest BCUT2D eigenvalue weighted by atomic mass is 16.5. The third-order valence-corrected chi connectivity index (χ3v) is 6.95. The van der Waals surface area contributed by atoms with Crippen molar-refractivity contribution < 1.29 is 19.1 Å². The zero-order valence-electron chi connectivity index (χ0n) is 22.0. The fraction of sp³-hybridized carbons (Fsp3) is 0.345. The van der Waals surface area contributed by atoms with E-state index in [-0.39, 0.29) is 29.6 Å². The summed E-state index contributed by atoms with van der Waals surface area (Å²) >= 11 is 0. The van der Waals surface area contributed by atoms with Crippen LogP contribution in [0.4, 0.5) is 17.4 Å². The third kappa shape index (κ3) is 5.49. The Hall–Kier alpha value is -3.95. The van der Waals surface area contributed by atoms with Crippen LogP contribution in [0, 0.1) is 6.92 Å². The third-order valence-electron chi connectivity index (χ3n) is 6.95. The van der Waals surface area contributed by atoms with Crippen molar-refractivity contribution in [3.63, 3.8) is 0 Å². The molecule has 3 aromatic rings. The van der Waals surface area contributed by atoms with E-state index < -0.39 is 5.97 Å². The second-order valence-corrected chi connectivity index (χ2v) is 9.64. The number of anilines is 2. The molecular weight excluding hydrogens is 482 g/mol. The molecule has 5 rings (SSSR count). The SMILES string of the molecule is CCOC(=O)c1c(Nc2ccc(CCN3CCN(C)CC3)cc2C)oc(C=C2C=Nc3ncccc32)c1O. The van der Waals surface area contributed by atoms with Gasteiger partial charge in [0.25, 0.3) is 0 Å². The van der Waals surface area contributed by atoms with Gasteiger partial charge in [0.2, 0.25) is 5.88 Å². The number of hydrogen-bond donors (Lipinski definition) is 2. The highest BCUT2D eigenvalue weighted by Gasteiger charge is 2.27. The van der Waals surface area contributed by atoms with E-state index in [1.807, 2.05) is 25.1 Å². The van der Waals surface area contributed by atoms with E-state index in [1.54, 1.807) is 25.4 Å². The van der Waals surface area contributed by atoms with Gasteiger partial charge in [-0.3, -0.25) is 0 Å². The number of furan rings is 1. The first-order valence-corrected chi connectivity index (χ1v) is 12.9. The van der Waals surface area contributed by atoms with E-state index in [0.717, 1.165) is 61.5 Å². The van der Waals surface area contributed by atoms with Crippen molar-refractivity contribution in [2.45, 2.75) is 20.3 Å². The Kier molecular flexibility index (Phi) is 7.57. The first-order chi connectivity index (χ1) is 18.4. The van der Waals surface area contributed by atoms with Gasteiger partial charge < -0.3 is 29.4 Å². The number of aromatic hydroxyl groups is 1. The molecule has 38 heavy (non-hydrogen) atoms. The number of fused-ring (bicyclic) bond motifs is 1. The van der Waals surface area contributed by atoms with E-state index in [1.165, 1.54) is 5.56 Å². The topological polar surface area (TPSA) is 103 Å². The minimum atomic E-state index is -0.662. The highest BCUT2D eigenvalue weighted by molar-refractivity contribution is 6.21. The summed E-state index contributed by atoms with van der Waals surface area (Å²) < 4.78 is 11.2. The summed E-state index contributed by atoms with van der Waals surface area (Å²) in [5.74, 6) is -0.0927. The lowest BCUT2D eigenvalue weighted by molar-refractivity contribution is 0.0524. The van der Waals surface area contributed by atoms with E-state index >= 15 is 0 Å². The summed E-state index contributed by atoms with van der Waals surface area (Å²) in [5, 5.41) is 14.2. The van der Waals surface area contributed by atoms with Crippen LogP contribution in [-0.2, 0) is 11.2 Å². The number of esters is 1. The first-order valence-electron chi connectivity index (χ1n) is 12.9. The Balaban J connectivity index is 1.37. The zero-order valence-corrected chi connectivity index (χ0v) is 22.0. The molecule has 0 spiro atoms. The summed E-state index contributed by atoms with van der Waals surface area (Å²) in [6.07, 6.45) is 5.94. The van der Waals surface area contributed by atoms with Crippen molar-refractivity contribution in [2.24, 2.45) is 4.99 Å². The number of likely N-dealkylation sites (N-methyl/N-ethyl adjacent to an activating group) is 1. The van der Waals surface area contributed by atoms with Gasteiger partial charge in [-0.2, -0.15) is 0 Å². The molecule has 4 heterocycles. The Morgan fingerprint density at radius 3 is 2.82 bits per heavy atom. The second kappa shape index (κ2) is 11.2. The standard InChI is InChI=1S/C29H33N5O4/c1-4-37-29(36)25-26(35)24(17-21-18-31-27-22(21)6-5-10-30-27)38-28(25)32-23-8-7-20(16-19(23)2)9-11-34-14-12-33(3)13-15-34/h5-8,10,16-18,32,35H,4,9,11-15H2,1-3H3. The molecule has 198 valence electrons. The molecule has 2 N–H and O–H groups in total. The molecule has 9 heteroatoms. The van der Waals surface area contributed by atoms with Crippen molar-refractivity contribution in [1.29, 1.82) is 0 Å². The van der Waals surface area contributed by atoms with E-state index in [4.69, 9.17) is 9.15 Å². The van der Waals surface area contributed by atoms with Crippen LogP contribution in [0.2, 0.25) is 0 Å². The van der Waals surface area contributed by atoms with Crippen LogP contribution in [0.5, 0.6) is 5.75 Å². The number of rotatable bonds is 8. The van der Waals surface area contributed by atoms with Gasteiger partial charge in [-0.05, 0) is 62.7 Å². The second-order valence-electron chi connectivity index (χ2n) is 9.64. The van der Waals surface area contributed by atoms with E-state index in [0.29, 0.717) is 5.82 Å².